The summed E-state index contributed by atoms with van der Waals surface area (Å²) < 4.78 is 0. The van der Waals surface area contributed by atoms with Gasteiger partial charge in [-0.1, -0.05) is 12.8 Å². The van der Waals surface area contributed by atoms with E-state index in [-0.39, 0.29) is 0 Å². The summed E-state index contributed by atoms with van der Waals surface area (Å²) in [5.41, 5.74) is 0. The molecule has 5 fully saturated rings. The van der Waals surface area contributed by atoms with E-state index in [1.54, 1.807) is 0 Å². The zero-order chi connectivity index (χ0) is 13.3. The molecule has 0 aromatic carbocycles. The molecule has 0 bridgehead atoms. The van der Waals surface area contributed by atoms with Gasteiger partial charge in [0.1, 0.15) is 5.78 Å². The molecule has 5 rings (SSSR count). The molecule has 110 valence electrons. The maximum atomic E-state index is 12.5. The van der Waals surface area contributed by atoms with Gasteiger partial charge in [0.15, 0.2) is 0 Å². The molecule has 1 saturated heterocycles. The molecule has 1 heterocycles. The second-order valence-electron chi connectivity index (χ2n) is 8.36. The van der Waals surface area contributed by atoms with Gasteiger partial charge in [0.05, 0.1) is 6.54 Å². The van der Waals surface area contributed by atoms with Crippen molar-refractivity contribution in [2.24, 2.45) is 47.3 Å². The highest BCUT2D eigenvalue weighted by Gasteiger charge is 2.63. The lowest BCUT2D eigenvalue weighted by molar-refractivity contribution is -0.128. The van der Waals surface area contributed by atoms with E-state index in [2.05, 4.69) is 5.32 Å². The van der Waals surface area contributed by atoms with Gasteiger partial charge >= 0.3 is 0 Å². The van der Waals surface area contributed by atoms with Crippen LogP contribution in [-0.4, -0.2) is 18.9 Å². The van der Waals surface area contributed by atoms with E-state index in [9.17, 15) is 4.79 Å². The first-order valence-corrected chi connectivity index (χ1v) is 9.08. The van der Waals surface area contributed by atoms with Gasteiger partial charge in [-0.05, 0) is 80.1 Å². The fourth-order valence-electron chi connectivity index (χ4n) is 7.13. The zero-order valence-corrected chi connectivity index (χ0v) is 12.4. The van der Waals surface area contributed by atoms with E-state index in [4.69, 9.17) is 0 Å². The molecule has 0 amide bonds. The Morgan fingerprint density at radius 2 is 1.80 bits per heavy atom. The Balaban J connectivity index is 1.50. The maximum Gasteiger partial charge on any atom is 0.150 e. The van der Waals surface area contributed by atoms with Crippen LogP contribution < -0.4 is 5.32 Å². The summed E-state index contributed by atoms with van der Waals surface area (Å²) in [4.78, 5) is 12.5. The third-order valence-electron chi connectivity index (χ3n) is 7.76. The van der Waals surface area contributed by atoms with Crippen LogP contribution in [0.2, 0.25) is 0 Å². The molecule has 8 unspecified atom stereocenters. The van der Waals surface area contributed by atoms with E-state index in [1.165, 1.54) is 44.9 Å². The van der Waals surface area contributed by atoms with Crippen molar-refractivity contribution in [1.29, 1.82) is 0 Å². The quantitative estimate of drug-likeness (QED) is 0.735. The lowest BCUT2D eigenvalue weighted by Gasteiger charge is -2.49. The lowest BCUT2D eigenvalue weighted by Crippen LogP contribution is -2.46. The highest BCUT2D eigenvalue weighted by molar-refractivity contribution is 5.84. The van der Waals surface area contributed by atoms with Crippen molar-refractivity contribution in [2.45, 2.75) is 44.9 Å². The topological polar surface area (TPSA) is 29.1 Å². The highest BCUT2D eigenvalue weighted by Crippen LogP contribution is 2.67. The summed E-state index contributed by atoms with van der Waals surface area (Å²) in [6.07, 6.45) is 10.1. The number of carbonyl (C=O) groups excluding carboxylic acids is 1. The van der Waals surface area contributed by atoms with Crippen molar-refractivity contribution < 1.29 is 4.79 Å². The number of rotatable bonds is 0. The smallest absolute Gasteiger partial charge is 0.150 e. The Kier molecular flexibility index (Phi) is 2.63. The summed E-state index contributed by atoms with van der Waals surface area (Å²) in [7, 11) is 0. The minimum absolute atomic E-state index is 0.453. The average molecular weight is 273 g/mol. The standard InChI is InChI=1S/C18H27NO/c20-16-9-19-7-6-13-12-5-4-10-2-1-3-11(10)17(12)14-8-15(14)18(13)16/h10-15,17-19H,1-9H2. The fourth-order valence-corrected chi connectivity index (χ4v) is 7.13. The molecule has 20 heavy (non-hydrogen) atoms. The lowest BCUT2D eigenvalue weighted by atomic mass is 9.55. The van der Waals surface area contributed by atoms with Gasteiger partial charge in [0.25, 0.3) is 0 Å². The third kappa shape index (κ3) is 1.58. The molecule has 4 aliphatic carbocycles. The second-order valence-corrected chi connectivity index (χ2v) is 8.36. The minimum atomic E-state index is 0.453. The fraction of sp³-hybridized carbons (Fsp3) is 0.944. The summed E-state index contributed by atoms with van der Waals surface area (Å²) >= 11 is 0. The molecule has 4 saturated carbocycles. The van der Waals surface area contributed by atoms with Crippen LogP contribution in [0.4, 0.5) is 0 Å². The third-order valence-corrected chi connectivity index (χ3v) is 7.76. The van der Waals surface area contributed by atoms with Gasteiger partial charge in [-0.3, -0.25) is 4.79 Å². The van der Waals surface area contributed by atoms with Gasteiger partial charge in [-0.2, -0.15) is 0 Å². The highest BCUT2D eigenvalue weighted by atomic mass is 16.1. The molecule has 5 aliphatic rings. The van der Waals surface area contributed by atoms with Gasteiger partial charge in [0.2, 0.25) is 0 Å². The summed E-state index contributed by atoms with van der Waals surface area (Å²) in [5, 5.41) is 3.38. The Hall–Kier alpha value is -0.370. The molecule has 0 radical (unpaired) electrons. The van der Waals surface area contributed by atoms with Gasteiger partial charge in [-0.25, -0.2) is 0 Å². The molecule has 2 heteroatoms. The molecule has 0 spiro atoms. The van der Waals surface area contributed by atoms with E-state index in [0.717, 1.165) is 48.0 Å². The Morgan fingerprint density at radius 1 is 0.850 bits per heavy atom. The maximum absolute atomic E-state index is 12.5. The molecule has 1 aliphatic heterocycles. The molecule has 0 aromatic rings. The SMILES string of the molecule is O=C1CNCCC2C3CCC4CCCC4C3C3CC3C12. The van der Waals surface area contributed by atoms with Crippen LogP contribution in [0.3, 0.4) is 0 Å². The van der Waals surface area contributed by atoms with Gasteiger partial charge < -0.3 is 5.32 Å². The molecule has 8 atom stereocenters. The van der Waals surface area contributed by atoms with E-state index < -0.39 is 0 Å². The van der Waals surface area contributed by atoms with E-state index in [1.807, 2.05) is 0 Å². The monoisotopic (exact) mass is 273 g/mol. The van der Waals surface area contributed by atoms with Crippen molar-refractivity contribution in [2.75, 3.05) is 13.1 Å². The molecule has 0 aromatic heterocycles. The predicted octanol–water partition coefficient (Wildman–Crippen LogP) is 2.87. The number of Topliss-reactive ketones (excluding diaryl/α,β-unsaturated/α-hetero) is 1. The first kappa shape index (κ1) is 12.2. The van der Waals surface area contributed by atoms with Crippen LogP contribution in [0, 0.1) is 47.3 Å². The van der Waals surface area contributed by atoms with Crippen LogP contribution in [0.25, 0.3) is 0 Å². The number of carbonyl (C=O) groups is 1. The van der Waals surface area contributed by atoms with Crippen molar-refractivity contribution >= 4 is 5.78 Å². The second kappa shape index (κ2) is 4.32. The normalized spacial score (nSPS) is 57.1. The van der Waals surface area contributed by atoms with Gasteiger partial charge in [0, 0.05) is 5.92 Å². The molecular formula is C18H27NO. The number of fused-ring (bicyclic) bond motifs is 8. The van der Waals surface area contributed by atoms with Crippen molar-refractivity contribution in [3.63, 3.8) is 0 Å². The first-order chi connectivity index (χ1) is 9.84. The number of ketones is 1. The summed E-state index contributed by atoms with van der Waals surface area (Å²) in [5.74, 6) is 7.56. The largest absolute Gasteiger partial charge is 0.310 e. The first-order valence-electron chi connectivity index (χ1n) is 9.08. The van der Waals surface area contributed by atoms with Crippen molar-refractivity contribution in [1.82, 2.24) is 5.32 Å². The molecule has 2 nitrogen and oxygen atoms in total. The van der Waals surface area contributed by atoms with E-state index >= 15 is 0 Å². The van der Waals surface area contributed by atoms with Crippen LogP contribution in [-0.2, 0) is 4.79 Å². The van der Waals surface area contributed by atoms with E-state index in [0.29, 0.717) is 18.2 Å². The van der Waals surface area contributed by atoms with Crippen molar-refractivity contribution in [3.8, 4) is 0 Å². The Bertz CT molecular complexity index is 433. The average Bonchev–Trinajstić information content (AvgIpc) is 3.13. The van der Waals surface area contributed by atoms with Crippen LogP contribution >= 0.6 is 0 Å². The van der Waals surface area contributed by atoms with Crippen LogP contribution in [0.5, 0.6) is 0 Å². The Labute approximate surface area is 122 Å². The number of hydrogen-bond acceptors (Lipinski definition) is 2. The molecular weight excluding hydrogens is 246 g/mol. The summed E-state index contributed by atoms with van der Waals surface area (Å²) in [6, 6.07) is 0. The minimum Gasteiger partial charge on any atom is -0.310 e. The zero-order valence-electron chi connectivity index (χ0n) is 12.4. The Morgan fingerprint density at radius 3 is 2.75 bits per heavy atom. The summed E-state index contributed by atoms with van der Waals surface area (Å²) in [6.45, 7) is 1.75. The predicted molar refractivity (Wildman–Crippen MR) is 78.1 cm³/mol. The van der Waals surface area contributed by atoms with Crippen LogP contribution in [0.1, 0.15) is 44.9 Å². The van der Waals surface area contributed by atoms with Crippen molar-refractivity contribution in [3.05, 3.63) is 0 Å². The molecule has 1 N–H and O–H groups in total. The number of hydrogen-bond donors (Lipinski definition) is 1. The number of nitrogens with one attached hydrogen (secondary N) is 1. The van der Waals surface area contributed by atoms with Gasteiger partial charge in [-0.15, -0.1) is 0 Å². The van der Waals surface area contributed by atoms with Crippen LogP contribution in [0.15, 0.2) is 0 Å².